The lowest BCUT2D eigenvalue weighted by Crippen LogP contribution is -2.22. The molecule has 0 saturated carbocycles. The summed E-state index contributed by atoms with van der Waals surface area (Å²) in [4.78, 5) is 0. The van der Waals surface area contributed by atoms with E-state index in [1.807, 2.05) is 0 Å². The van der Waals surface area contributed by atoms with Crippen LogP contribution in [0.4, 0.5) is 0 Å². The van der Waals surface area contributed by atoms with E-state index in [2.05, 4.69) is 32.2 Å². The van der Waals surface area contributed by atoms with Crippen LogP contribution in [0.2, 0.25) is 0 Å². The summed E-state index contributed by atoms with van der Waals surface area (Å²) in [6.07, 6.45) is 9.11. The predicted octanol–water partition coefficient (Wildman–Crippen LogP) is 3.76. The van der Waals surface area contributed by atoms with Crippen molar-refractivity contribution in [2.75, 3.05) is 13.1 Å². The normalized spacial score (nSPS) is 23.7. The van der Waals surface area contributed by atoms with E-state index in [-0.39, 0.29) is 0 Å². The smallest absolute Gasteiger partial charge is 0.00463 e. The van der Waals surface area contributed by atoms with Crippen molar-refractivity contribution in [3.05, 3.63) is 11.6 Å². The largest absolute Gasteiger partial charge is 0.317 e. The molecule has 0 radical (unpaired) electrons. The molecule has 0 saturated heterocycles. The van der Waals surface area contributed by atoms with E-state index >= 15 is 0 Å². The molecule has 15 heavy (non-hydrogen) atoms. The highest BCUT2D eigenvalue weighted by molar-refractivity contribution is 5.03. The lowest BCUT2D eigenvalue weighted by Gasteiger charge is -2.26. The first kappa shape index (κ1) is 12.8. The Balaban J connectivity index is 2.14. The van der Waals surface area contributed by atoms with E-state index in [1.165, 1.54) is 45.2 Å². The zero-order chi connectivity index (χ0) is 11.1. The van der Waals surface area contributed by atoms with Gasteiger partial charge in [-0.25, -0.2) is 0 Å². The van der Waals surface area contributed by atoms with Crippen molar-refractivity contribution in [3.63, 3.8) is 0 Å². The van der Waals surface area contributed by atoms with E-state index in [0.29, 0.717) is 0 Å². The summed E-state index contributed by atoms with van der Waals surface area (Å²) >= 11 is 0. The van der Waals surface area contributed by atoms with Gasteiger partial charge in [0.05, 0.1) is 0 Å². The van der Waals surface area contributed by atoms with E-state index in [9.17, 15) is 0 Å². The fourth-order valence-electron chi connectivity index (χ4n) is 2.37. The summed E-state index contributed by atoms with van der Waals surface area (Å²) in [5.74, 6) is 1.83. The van der Waals surface area contributed by atoms with Crippen LogP contribution in [0, 0.1) is 11.8 Å². The minimum Gasteiger partial charge on any atom is -0.317 e. The van der Waals surface area contributed by atoms with Gasteiger partial charge >= 0.3 is 0 Å². The molecular weight excluding hydrogens is 182 g/mol. The average molecular weight is 209 g/mol. The molecule has 1 heteroatoms. The molecule has 0 amide bonds. The Bertz CT molecular complexity index is 196. The standard InChI is InChI=1S/C14H27N/c1-4-10-15-11-9-13(3)14-7-5-12(2)6-8-14/h5,13-15H,4,6-11H2,1-3H3/t13?,14-/m0/s1. The fraction of sp³-hybridized carbons (Fsp3) is 0.857. The van der Waals surface area contributed by atoms with Crippen LogP contribution in [0.25, 0.3) is 0 Å². The SMILES string of the molecule is CCCNCCC(C)[C@H]1CC=C(C)CC1. The van der Waals surface area contributed by atoms with Gasteiger partial charge in [-0.15, -0.1) is 0 Å². The van der Waals surface area contributed by atoms with Gasteiger partial charge in [0, 0.05) is 0 Å². The average Bonchev–Trinajstić information content (AvgIpc) is 2.25. The van der Waals surface area contributed by atoms with Gasteiger partial charge in [0.2, 0.25) is 0 Å². The predicted molar refractivity (Wildman–Crippen MR) is 68.0 cm³/mol. The molecule has 1 aliphatic rings. The molecule has 0 aliphatic heterocycles. The van der Waals surface area contributed by atoms with Crippen LogP contribution in [-0.2, 0) is 0 Å². The van der Waals surface area contributed by atoms with E-state index in [1.54, 1.807) is 5.57 Å². The molecule has 1 rings (SSSR count). The third kappa shape index (κ3) is 4.83. The Morgan fingerprint density at radius 1 is 1.47 bits per heavy atom. The maximum Gasteiger partial charge on any atom is -0.00463 e. The molecule has 0 aromatic rings. The van der Waals surface area contributed by atoms with Crippen molar-refractivity contribution in [1.29, 1.82) is 0 Å². The van der Waals surface area contributed by atoms with Crippen LogP contribution < -0.4 is 5.32 Å². The molecule has 1 nitrogen and oxygen atoms in total. The maximum absolute atomic E-state index is 3.50. The molecule has 0 aromatic heterocycles. The van der Waals surface area contributed by atoms with Crippen LogP contribution >= 0.6 is 0 Å². The highest BCUT2D eigenvalue weighted by atomic mass is 14.8. The van der Waals surface area contributed by atoms with Crippen molar-refractivity contribution in [2.45, 2.75) is 52.9 Å². The first-order valence-electron chi connectivity index (χ1n) is 6.60. The van der Waals surface area contributed by atoms with Crippen molar-refractivity contribution in [3.8, 4) is 0 Å². The zero-order valence-electron chi connectivity index (χ0n) is 10.7. The monoisotopic (exact) mass is 209 g/mol. The quantitative estimate of drug-likeness (QED) is 0.519. The van der Waals surface area contributed by atoms with Gasteiger partial charge in [-0.05, 0) is 64.0 Å². The molecule has 0 spiro atoms. The number of nitrogens with one attached hydrogen (secondary N) is 1. The minimum atomic E-state index is 0.888. The molecule has 0 bridgehead atoms. The summed E-state index contributed by atoms with van der Waals surface area (Å²) in [5.41, 5.74) is 1.60. The Morgan fingerprint density at radius 2 is 2.27 bits per heavy atom. The zero-order valence-corrected chi connectivity index (χ0v) is 10.7. The van der Waals surface area contributed by atoms with Crippen LogP contribution in [0.1, 0.15) is 52.9 Å². The molecule has 2 atom stereocenters. The third-order valence-electron chi connectivity index (χ3n) is 3.69. The topological polar surface area (TPSA) is 12.0 Å². The number of rotatable bonds is 6. The lowest BCUT2D eigenvalue weighted by molar-refractivity contribution is 0.307. The Kier molecular flexibility index (Phi) is 6.00. The molecule has 1 unspecified atom stereocenters. The lowest BCUT2D eigenvalue weighted by atomic mass is 9.80. The molecule has 1 N–H and O–H groups in total. The highest BCUT2D eigenvalue weighted by Gasteiger charge is 2.18. The summed E-state index contributed by atoms with van der Waals surface area (Å²) in [7, 11) is 0. The molecule has 88 valence electrons. The summed E-state index contributed by atoms with van der Waals surface area (Å²) < 4.78 is 0. The summed E-state index contributed by atoms with van der Waals surface area (Å²) in [5, 5.41) is 3.50. The molecular formula is C14H27N. The Labute approximate surface area is 95.3 Å². The van der Waals surface area contributed by atoms with E-state index in [0.717, 1.165) is 11.8 Å². The van der Waals surface area contributed by atoms with Gasteiger partial charge in [0.15, 0.2) is 0 Å². The van der Waals surface area contributed by atoms with E-state index < -0.39 is 0 Å². The van der Waals surface area contributed by atoms with Gasteiger partial charge in [0.1, 0.15) is 0 Å². The van der Waals surface area contributed by atoms with E-state index in [4.69, 9.17) is 0 Å². The Morgan fingerprint density at radius 3 is 2.87 bits per heavy atom. The summed E-state index contributed by atoms with van der Waals surface area (Å²) in [6, 6.07) is 0. The summed E-state index contributed by atoms with van der Waals surface area (Å²) in [6.45, 7) is 9.30. The second-order valence-electron chi connectivity index (χ2n) is 5.10. The van der Waals surface area contributed by atoms with Crippen molar-refractivity contribution in [2.24, 2.45) is 11.8 Å². The maximum atomic E-state index is 3.50. The van der Waals surface area contributed by atoms with Gasteiger partial charge < -0.3 is 5.32 Å². The van der Waals surface area contributed by atoms with Crippen molar-refractivity contribution in [1.82, 2.24) is 5.32 Å². The van der Waals surface area contributed by atoms with Crippen LogP contribution in [-0.4, -0.2) is 13.1 Å². The second kappa shape index (κ2) is 7.05. The molecule has 1 aliphatic carbocycles. The van der Waals surface area contributed by atoms with Crippen molar-refractivity contribution >= 4 is 0 Å². The number of hydrogen-bond acceptors (Lipinski definition) is 1. The molecule has 0 fully saturated rings. The van der Waals surface area contributed by atoms with Crippen LogP contribution in [0.15, 0.2) is 11.6 Å². The molecule has 0 heterocycles. The molecule has 0 aromatic carbocycles. The van der Waals surface area contributed by atoms with Gasteiger partial charge in [-0.2, -0.15) is 0 Å². The number of hydrogen-bond donors (Lipinski definition) is 1. The van der Waals surface area contributed by atoms with Gasteiger partial charge in [0.25, 0.3) is 0 Å². The van der Waals surface area contributed by atoms with Crippen LogP contribution in [0.3, 0.4) is 0 Å². The number of allylic oxidation sites excluding steroid dienone is 2. The fourth-order valence-corrected chi connectivity index (χ4v) is 2.37. The highest BCUT2D eigenvalue weighted by Crippen LogP contribution is 2.30. The first-order chi connectivity index (χ1) is 7.24. The van der Waals surface area contributed by atoms with Crippen molar-refractivity contribution < 1.29 is 0 Å². The van der Waals surface area contributed by atoms with Crippen LogP contribution in [0.5, 0.6) is 0 Å². The Hall–Kier alpha value is -0.300. The van der Waals surface area contributed by atoms with Gasteiger partial charge in [-0.1, -0.05) is 25.5 Å². The third-order valence-corrected chi connectivity index (χ3v) is 3.69. The second-order valence-corrected chi connectivity index (χ2v) is 5.10. The minimum absolute atomic E-state index is 0.888. The van der Waals surface area contributed by atoms with Gasteiger partial charge in [-0.3, -0.25) is 0 Å². The first-order valence-corrected chi connectivity index (χ1v) is 6.60.